The molecule has 3 heteroatoms. The van der Waals surface area contributed by atoms with Crippen LogP contribution in [0.3, 0.4) is 0 Å². The molecule has 0 bridgehead atoms. The molecule has 0 atom stereocenters. The van der Waals surface area contributed by atoms with E-state index in [-0.39, 0.29) is 12.4 Å². The predicted octanol–water partition coefficient (Wildman–Crippen LogP) is -0.659. The highest BCUT2D eigenvalue weighted by molar-refractivity contribution is 5.27. The van der Waals surface area contributed by atoms with Gasteiger partial charge in [0.25, 0.3) is 0 Å². The molecule has 0 radical (unpaired) electrons. The lowest BCUT2D eigenvalue weighted by atomic mass is 10.2. The molecular weight excluding hydrogens is 210 g/mol. The first-order valence-corrected chi connectivity index (χ1v) is 5.33. The topological polar surface area (TPSA) is 21.3 Å². The van der Waals surface area contributed by atoms with Crippen LogP contribution in [-0.4, -0.2) is 12.6 Å². The van der Waals surface area contributed by atoms with Crippen LogP contribution in [-0.2, 0) is 6.54 Å². The van der Waals surface area contributed by atoms with E-state index >= 15 is 0 Å². The van der Waals surface area contributed by atoms with E-state index in [1.165, 1.54) is 18.4 Å². The minimum atomic E-state index is 0. The van der Waals surface area contributed by atoms with Gasteiger partial charge in [-0.2, -0.15) is 0 Å². The van der Waals surface area contributed by atoms with Crippen LogP contribution in [0.5, 0.6) is 5.75 Å². The lowest BCUT2D eigenvalue weighted by Gasteiger charge is -2.05. The van der Waals surface area contributed by atoms with Crippen molar-refractivity contribution in [1.29, 1.82) is 0 Å². The molecule has 0 spiro atoms. The highest BCUT2D eigenvalue weighted by atomic mass is 35.5. The van der Waals surface area contributed by atoms with Crippen molar-refractivity contribution in [2.24, 2.45) is 0 Å². The molecular formula is C12H17ClNO-. The van der Waals surface area contributed by atoms with Crippen molar-refractivity contribution >= 4 is 0 Å². The van der Waals surface area contributed by atoms with Gasteiger partial charge in [-0.25, -0.2) is 0 Å². The maximum Gasteiger partial charge on any atom is 0.119 e. The Morgan fingerprint density at radius 1 is 1.27 bits per heavy atom. The Kier molecular flexibility index (Phi) is 4.92. The second kappa shape index (κ2) is 5.99. The molecule has 1 fully saturated rings. The zero-order valence-corrected chi connectivity index (χ0v) is 9.76. The first-order valence-electron chi connectivity index (χ1n) is 5.33. The molecule has 2 nitrogen and oxygen atoms in total. The van der Waals surface area contributed by atoms with E-state index in [0.29, 0.717) is 0 Å². The van der Waals surface area contributed by atoms with Gasteiger partial charge in [0, 0.05) is 12.6 Å². The molecule has 84 valence electrons. The number of hydrogen-bond acceptors (Lipinski definition) is 2. The SMILES string of the molecule is CCOc1ccc(CNC2CC2)cc1.[Cl-]. The molecule has 1 saturated carbocycles. The minimum absolute atomic E-state index is 0. The number of hydrogen-bond donors (Lipinski definition) is 1. The highest BCUT2D eigenvalue weighted by Gasteiger charge is 2.19. The van der Waals surface area contributed by atoms with E-state index in [2.05, 4.69) is 17.4 Å². The summed E-state index contributed by atoms with van der Waals surface area (Å²) in [6, 6.07) is 9.10. The number of halogens is 1. The molecule has 2 rings (SSSR count). The van der Waals surface area contributed by atoms with Gasteiger partial charge in [-0.3, -0.25) is 0 Å². The van der Waals surface area contributed by atoms with Crippen LogP contribution >= 0.6 is 0 Å². The van der Waals surface area contributed by atoms with E-state index in [1.807, 2.05) is 19.1 Å². The molecule has 1 aliphatic carbocycles. The van der Waals surface area contributed by atoms with Gasteiger partial charge in [-0.05, 0) is 37.5 Å². The van der Waals surface area contributed by atoms with Crippen LogP contribution in [0, 0.1) is 0 Å². The van der Waals surface area contributed by atoms with E-state index in [1.54, 1.807) is 0 Å². The Balaban J connectivity index is 0.00000112. The molecule has 15 heavy (non-hydrogen) atoms. The first kappa shape index (κ1) is 12.3. The summed E-state index contributed by atoms with van der Waals surface area (Å²) >= 11 is 0. The monoisotopic (exact) mass is 226 g/mol. The van der Waals surface area contributed by atoms with Crippen molar-refractivity contribution in [1.82, 2.24) is 5.32 Å². The summed E-state index contributed by atoms with van der Waals surface area (Å²) in [6.45, 7) is 3.72. The predicted molar refractivity (Wildman–Crippen MR) is 57.5 cm³/mol. The molecule has 1 aromatic carbocycles. The third kappa shape index (κ3) is 4.10. The molecule has 0 amide bonds. The second-order valence-corrected chi connectivity index (χ2v) is 3.73. The summed E-state index contributed by atoms with van der Waals surface area (Å²) in [5.74, 6) is 0.961. The standard InChI is InChI=1S/C12H17NO.ClH/c1-2-14-12-7-3-10(4-8-12)9-13-11-5-6-11;/h3-4,7-8,11,13H,2,5-6,9H2,1H3;1H/p-1. The Morgan fingerprint density at radius 3 is 2.47 bits per heavy atom. The van der Waals surface area contributed by atoms with Gasteiger partial charge < -0.3 is 22.5 Å². The summed E-state index contributed by atoms with van der Waals surface area (Å²) < 4.78 is 5.38. The van der Waals surface area contributed by atoms with Gasteiger partial charge in [0.05, 0.1) is 6.61 Å². The Bertz CT molecular complexity index is 282. The van der Waals surface area contributed by atoms with Crippen molar-refractivity contribution in [3.8, 4) is 5.75 Å². The Hall–Kier alpha value is -0.730. The molecule has 0 aliphatic heterocycles. The van der Waals surface area contributed by atoms with Crippen LogP contribution in [0.25, 0.3) is 0 Å². The van der Waals surface area contributed by atoms with Gasteiger partial charge in [0.2, 0.25) is 0 Å². The van der Waals surface area contributed by atoms with E-state index in [9.17, 15) is 0 Å². The van der Waals surface area contributed by atoms with Crippen molar-refractivity contribution in [3.05, 3.63) is 29.8 Å². The van der Waals surface area contributed by atoms with E-state index in [0.717, 1.165) is 24.9 Å². The molecule has 0 heterocycles. The summed E-state index contributed by atoms with van der Waals surface area (Å²) in [4.78, 5) is 0. The number of ether oxygens (including phenoxy) is 1. The molecule has 1 aromatic rings. The van der Waals surface area contributed by atoms with E-state index < -0.39 is 0 Å². The molecule has 0 saturated heterocycles. The molecule has 0 aromatic heterocycles. The van der Waals surface area contributed by atoms with Crippen LogP contribution in [0.15, 0.2) is 24.3 Å². The van der Waals surface area contributed by atoms with Gasteiger partial charge in [-0.1, -0.05) is 12.1 Å². The minimum Gasteiger partial charge on any atom is -1.00 e. The number of rotatable bonds is 5. The fourth-order valence-corrected chi connectivity index (χ4v) is 1.42. The number of benzene rings is 1. The van der Waals surface area contributed by atoms with E-state index in [4.69, 9.17) is 4.74 Å². The summed E-state index contributed by atoms with van der Waals surface area (Å²) in [5.41, 5.74) is 1.33. The van der Waals surface area contributed by atoms with Gasteiger partial charge in [0.1, 0.15) is 5.75 Å². The lowest BCUT2D eigenvalue weighted by molar-refractivity contribution is -0.00000353. The van der Waals surface area contributed by atoms with Crippen LogP contribution in [0.4, 0.5) is 0 Å². The maximum atomic E-state index is 5.38. The fourth-order valence-electron chi connectivity index (χ4n) is 1.42. The zero-order valence-electron chi connectivity index (χ0n) is 9.00. The highest BCUT2D eigenvalue weighted by Crippen LogP contribution is 2.19. The zero-order chi connectivity index (χ0) is 9.80. The largest absolute Gasteiger partial charge is 1.00 e. The second-order valence-electron chi connectivity index (χ2n) is 3.73. The van der Waals surface area contributed by atoms with Gasteiger partial charge in [-0.15, -0.1) is 0 Å². The van der Waals surface area contributed by atoms with Crippen LogP contribution < -0.4 is 22.5 Å². The maximum absolute atomic E-state index is 5.38. The summed E-state index contributed by atoms with van der Waals surface area (Å²) in [5, 5.41) is 3.48. The van der Waals surface area contributed by atoms with Crippen molar-refractivity contribution in [2.45, 2.75) is 32.4 Å². The van der Waals surface area contributed by atoms with Crippen LogP contribution in [0.2, 0.25) is 0 Å². The van der Waals surface area contributed by atoms with Crippen LogP contribution in [0.1, 0.15) is 25.3 Å². The van der Waals surface area contributed by atoms with Crippen molar-refractivity contribution in [2.75, 3.05) is 6.61 Å². The third-order valence-electron chi connectivity index (χ3n) is 2.41. The van der Waals surface area contributed by atoms with Gasteiger partial charge >= 0.3 is 0 Å². The molecule has 1 aliphatic rings. The summed E-state index contributed by atoms with van der Waals surface area (Å²) in [7, 11) is 0. The molecule has 1 N–H and O–H groups in total. The molecule has 0 unspecified atom stereocenters. The average Bonchev–Trinajstić information content (AvgIpc) is 3.01. The Labute approximate surface area is 97.4 Å². The lowest BCUT2D eigenvalue weighted by Crippen LogP contribution is -3.00. The van der Waals surface area contributed by atoms with Crippen molar-refractivity contribution < 1.29 is 17.1 Å². The summed E-state index contributed by atoms with van der Waals surface area (Å²) in [6.07, 6.45) is 2.69. The Morgan fingerprint density at radius 2 is 1.93 bits per heavy atom. The quantitative estimate of drug-likeness (QED) is 0.720. The van der Waals surface area contributed by atoms with Crippen molar-refractivity contribution in [3.63, 3.8) is 0 Å². The third-order valence-corrected chi connectivity index (χ3v) is 2.41. The average molecular weight is 227 g/mol. The smallest absolute Gasteiger partial charge is 0.119 e. The number of nitrogens with one attached hydrogen (secondary N) is 1. The van der Waals surface area contributed by atoms with Gasteiger partial charge in [0.15, 0.2) is 0 Å². The first-order chi connectivity index (χ1) is 6.88. The fraction of sp³-hybridized carbons (Fsp3) is 0.500. The normalized spacial score (nSPS) is 14.5.